The van der Waals surface area contributed by atoms with Crippen molar-refractivity contribution in [3.63, 3.8) is 0 Å². The third-order valence-electron chi connectivity index (χ3n) is 2.24. The summed E-state index contributed by atoms with van der Waals surface area (Å²) in [6.07, 6.45) is 3.84. The topological polar surface area (TPSA) is 29.5 Å². The summed E-state index contributed by atoms with van der Waals surface area (Å²) in [6.45, 7) is 0.564. The second-order valence-corrected chi connectivity index (χ2v) is 3.20. The van der Waals surface area contributed by atoms with Crippen LogP contribution in [0.4, 0.5) is 0 Å². The third-order valence-corrected chi connectivity index (χ3v) is 2.24. The molecule has 0 amide bonds. The van der Waals surface area contributed by atoms with Crippen molar-refractivity contribution in [2.24, 2.45) is 0 Å². The second kappa shape index (κ2) is 4.01. The lowest BCUT2D eigenvalue weighted by molar-refractivity contribution is 0.259. The number of allylic oxidation sites excluding steroid dienone is 1. The van der Waals surface area contributed by atoms with Gasteiger partial charge in [-0.25, -0.2) is 0 Å². The summed E-state index contributed by atoms with van der Waals surface area (Å²) in [6, 6.07) is 10.1. The smallest absolute Gasteiger partial charge is 0.157 e. The Morgan fingerprint density at radius 1 is 1.29 bits per heavy atom. The third kappa shape index (κ3) is 1.79. The molecule has 1 heterocycles. The normalized spacial score (nSPS) is 18.0. The molecule has 2 heteroatoms. The summed E-state index contributed by atoms with van der Waals surface area (Å²) in [4.78, 5) is 0. The lowest BCUT2D eigenvalue weighted by atomic mass is 10.0. The first kappa shape index (κ1) is 8.88. The first-order chi connectivity index (χ1) is 6.90. The molecule has 0 atom stereocenters. The van der Waals surface area contributed by atoms with E-state index < -0.39 is 0 Å². The minimum Gasteiger partial charge on any atom is -0.512 e. The van der Waals surface area contributed by atoms with E-state index in [-0.39, 0.29) is 0 Å². The van der Waals surface area contributed by atoms with Crippen molar-refractivity contribution >= 4 is 0 Å². The van der Waals surface area contributed by atoms with E-state index in [1.807, 2.05) is 24.3 Å². The number of hydrogen-bond acceptors (Lipinski definition) is 2. The molecule has 14 heavy (non-hydrogen) atoms. The predicted molar refractivity (Wildman–Crippen MR) is 54.9 cm³/mol. The van der Waals surface area contributed by atoms with Gasteiger partial charge in [0.1, 0.15) is 12.9 Å². The SMILES string of the molecule is O/C=C1/OCC=C1Cc1ccccc1. The average molecular weight is 188 g/mol. The van der Waals surface area contributed by atoms with Crippen LogP contribution in [0, 0.1) is 0 Å². The minimum atomic E-state index is 0.564. The second-order valence-electron chi connectivity index (χ2n) is 3.20. The zero-order chi connectivity index (χ0) is 9.80. The molecule has 0 radical (unpaired) electrons. The summed E-state index contributed by atoms with van der Waals surface area (Å²) in [5.41, 5.74) is 2.28. The van der Waals surface area contributed by atoms with Crippen LogP contribution in [0.25, 0.3) is 0 Å². The van der Waals surface area contributed by atoms with Crippen LogP contribution in [0.2, 0.25) is 0 Å². The molecule has 1 N–H and O–H groups in total. The molecule has 0 saturated heterocycles. The van der Waals surface area contributed by atoms with Crippen molar-refractivity contribution in [1.29, 1.82) is 0 Å². The van der Waals surface area contributed by atoms with Crippen molar-refractivity contribution in [1.82, 2.24) is 0 Å². The molecule has 0 saturated carbocycles. The summed E-state index contributed by atoms with van der Waals surface area (Å²) in [5, 5.41) is 8.89. The molecular formula is C12H12O2. The number of hydrogen-bond donors (Lipinski definition) is 1. The minimum absolute atomic E-state index is 0.564. The summed E-state index contributed by atoms with van der Waals surface area (Å²) < 4.78 is 5.21. The highest BCUT2D eigenvalue weighted by molar-refractivity contribution is 5.34. The highest BCUT2D eigenvalue weighted by Crippen LogP contribution is 2.21. The van der Waals surface area contributed by atoms with Crippen molar-refractivity contribution in [3.05, 3.63) is 59.6 Å². The highest BCUT2D eigenvalue weighted by Gasteiger charge is 2.12. The van der Waals surface area contributed by atoms with Crippen LogP contribution in [0.5, 0.6) is 0 Å². The maximum Gasteiger partial charge on any atom is 0.157 e. The maximum absolute atomic E-state index is 8.89. The molecule has 0 aromatic heterocycles. The van der Waals surface area contributed by atoms with E-state index >= 15 is 0 Å². The summed E-state index contributed by atoms with van der Waals surface area (Å²) in [7, 11) is 0. The van der Waals surface area contributed by atoms with Crippen molar-refractivity contribution in [3.8, 4) is 0 Å². The molecule has 0 spiro atoms. The van der Waals surface area contributed by atoms with Crippen molar-refractivity contribution < 1.29 is 9.84 Å². The quantitative estimate of drug-likeness (QED) is 0.723. The molecule has 1 aliphatic heterocycles. The molecule has 0 unspecified atom stereocenters. The molecular weight excluding hydrogens is 176 g/mol. The van der Waals surface area contributed by atoms with Crippen LogP contribution in [0.3, 0.4) is 0 Å². The Bertz CT molecular complexity index is 363. The lowest BCUT2D eigenvalue weighted by Crippen LogP contribution is -1.91. The van der Waals surface area contributed by atoms with Gasteiger partial charge in [-0.2, -0.15) is 0 Å². The van der Waals surface area contributed by atoms with E-state index in [0.29, 0.717) is 12.4 Å². The van der Waals surface area contributed by atoms with Gasteiger partial charge in [-0.15, -0.1) is 0 Å². The van der Waals surface area contributed by atoms with Crippen LogP contribution in [0.1, 0.15) is 5.56 Å². The zero-order valence-corrected chi connectivity index (χ0v) is 7.81. The van der Waals surface area contributed by atoms with E-state index in [4.69, 9.17) is 9.84 Å². The van der Waals surface area contributed by atoms with Gasteiger partial charge >= 0.3 is 0 Å². The van der Waals surface area contributed by atoms with Crippen LogP contribution < -0.4 is 0 Å². The van der Waals surface area contributed by atoms with E-state index in [1.165, 1.54) is 5.56 Å². The van der Waals surface area contributed by atoms with Crippen LogP contribution in [-0.4, -0.2) is 11.7 Å². The molecule has 1 aromatic rings. The lowest BCUT2D eigenvalue weighted by Gasteiger charge is -2.03. The Hall–Kier alpha value is -1.70. The highest BCUT2D eigenvalue weighted by atomic mass is 16.5. The molecule has 2 nitrogen and oxygen atoms in total. The fraction of sp³-hybridized carbons (Fsp3) is 0.167. The summed E-state index contributed by atoms with van der Waals surface area (Å²) >= 11 is 0. The maximum atomic E-state index is 8.89. The predicted octanol–water partition coefficient (Wildman–Crippen LogP) is 2.59. The van der Waals surface area contributed by atoms with Gasteiger partial charge in [-0.3, -0.25) is 0 Å². The summed E-state index contributed by atoms with van der Waals surface area (Å²) in [5.74, 6) is 0.592. The van der Waals surface area contributed by atoms with Gasteiger partial charge in [0.15, 0.2) is 5.76 Å². The van der Waals surface area contributed by atoms with E-state index in [2.05, 4.69) is 12.1 Å². The van der Waals surface area contributed by atoms with Gasteiger partial charge in [0.05, 0.1) is 0 Å². The van der Waals surface area contributed by atoms with E-state index in [1.54, 1.807) is 0 Å². The van der Waals surface area contributed by atoms with Gasteiger partial charge in [-0.1, -0.05) is 30.3 Å². The van der Waals surface area contributed by atoms with Gasteiger partial charge < -0.3 is 9.84 Å². The average Bonchev–Trinajstić information content (AvgIpc) is 2.67. The fourth-order valence-corrected chi connectivity index (χ4v) is 1.52. The number of benzene rings is 1. The zero-order valence-electron chi connectivity index (χ0n) is 7.81. The molecule has 1 aromatic carbocycles. The monoisotopic (exact) mass is 188 g/mol. The molecule has 0 aliphatic carbocycles. The number of aliphatic hydroxyl groups is 1. The number of rotatable bonds is 2. The van der Waals surface area contributed by atoms with E-state index in [0.717, 1.165) is 18.3 Å². The largest absolute Gasteiger partial charge is 0.512 e. The van der Waals surface area contributed by atoms with Crippen LogP contribution in [0.15, 0.2) is 54.0 Å². The van der Waals surface area contributed by atoms with Crippen molar-refractivity contribution in [2.45, 2.75) is 6.42 Å². The molecule has 0 fully saturated rings. The van der Waals surface area contributed by atoms with E-state index in [9.17, 15) is 0 Å². The van der Waals surface area contributed by atoms with Crippen molar-refractivity contribution in [2.75, 3.05) is 6.61 Å². The molecule has 1 aliphatic rings. The first-order valence-electron chi connectivity index (χ1n) is 4.60. The Labute approximate surface area is 83.1 Å². The number of ether oxygens (including phenoxy) is 1. The van der Waals surface area contributed by atoms with Gasteiger partial charge in [0, 0.05) is 12.0 Å². The Morgan fingerprint density at radius 3 is 2.79 bits per heavy atom. The Kier molecular flexibility index (Phi) is 2.54. The fourth-order valence-electron chi connectivity index (χ4n) is 1.52. The standard InChI is InChI=1S/C12H12O2/c13-9-12-11(6-7-14-12)8-10-4-2-1-3-5-10/h1-6,9,13H,7-8H2/b12-9+. The molecule has 2 rings (SSSR count). The van der Waals surface area contributed by atoms with Crippen LogP contribution >= 0.6 is 0 Å². The molecule has 0 bridgehead atoms. The number of aliphatic hydroxyl groups excluding tert-OH is 1. The van der Waals surface area contributed by atoms with Gasteiger partial charge in [0.25, 0.3) is 0 Å². The van der Waals surface area contributed by atoms with Gasteiger partial charge in [-0.05, 0) is 11.6 Å². The Morgan fingerprint density at radius 2 is 2.07 bits per heavy atom. The van der Waals surface area contributed by atoms with Gasteiger partial charge in [0.2, 0.25) is 0 Å². The molecule has 72 valence electrons. The first-order valence-corrected chi connectivity index (χ1v) is 4.60. The van der Waals surface area contributed by atoms with Crippen LogP contribution in [-0.2, 0) is 11.2 Å². The Balaban J connectivity index is 2.12.